The highest BCUT2D eigenvalue weighted by molar-refractivity contribution is 5.24. The van der Waals surface area contributed by atoms with Crippen molar-refractivity contribution in [2.45, 2.75) is 37.5 Å². The topological polar surface area (TPSA) is 54.4 Å². The third-order valence-corrected chi connectivity index (χ3v) is 3.71. The minimum Gasteiger partial charge on any atom is -0.385 e. The van der Waals surface area contributed by atoms with E-state index in [2.05, 4.69) is 10.3 Å². The molecule has 0 spiro atoms. The van der Waals surface area contributed by atoms with Crippen LogP contribution < -0.4 is 5.32 Å². The quantitative estimate of drug-likeness (QED) is 0.752. The normalized spacial score (nSPS) is 36.8. The highest BCUT2D eigenvalue weighted by atomic mass is 16.5. The molecule has 3 heterocycles. The van der Waals surface area contributed by atoms with Crippen LogP contribution in [0.3, 0.4) is 0 Å². The van der Waals surface area contributed by atoms with Crippen molar-refractivity contribution in [2.24, 2.45) is 0 Å². The van der Waals surface area contributed by atoms with Crippen LogP contribution in [-0.2, 0) is 10.3 Å². The summed E-state index contributed by atoms with van der Waals surface area (Å²) in [7, 11) is 0. The van der Waals surface area contributed by atoms with E-state index in [1.807, 2.05) is 19.1 Å². The van der Waals surface area contributed by atoms with Gasteiger partial charge in [-0.2, -0.15) is 0 Å². The number of ether oxygens (including phenoxy) is 1. The number of aliphatic hydroxyl groups is 1. The van der Waals surface area contributed by atoms with Crippen molar-refractivity contribution in [3.05, 3.63) is 29.6 Å². The van der Waals surface area contributed by atoms with Crippen molar-refractivity contribution in [1.29, 1.82) is 0 Å². The Hall–Kier alpha value is -0.970. The summed E-state index contributed by atoms with van der Waals surface area (Å²) < 4.78 is 5.50. The monoisotopic (exact) mass is 234 g/mol. The standard InChI is InChI=1S/C13H18N2O2/c1-9-4-10(2-3-14-9)13(16)5-11-7-17-8-12(6-13)15-11/h2-4,11-12,15-16H,5-8H2,1H3. The maximum Gasteiger partial charge on any atom is 0.0929 e. The molecule has 17 heavy (non-hydrogen) atoms. The molecular formula is C13H18N2O2. The largest absolute Gasteiger partial charge is 0.385 e. The molecule has 1 aromatic rings. The van der Waals surface area contributed by atoms with Crippen molar-refractivity contribution in [3.8, 4) is 0 Å². The molecule has 0 radical (unpaired) electrons. The van der Waals surface area contributed by atoms with E-state index in [1.165, 1.54) is 0 Å². The van der Waals surface area contributed by atoms with Crippen molar-refractivity contribution in [3.63, 3.8) is 0 Å². The number of nitrogens with zero attached hydrogens (tertiary/aromatic N) is 1. The molecular weight excluding hydrogens is 216 g/mol. The Morgan fingerprint density at radius 2 is 2.12 bits per heavy atom. The molecule has 2 unspecified atom stereocenters. The first-order valence-corrected chi connectivity index (χ1v) is 6.15. The number of pyridine rings is 1. The lowest BCUT2D eigenvalue weighted by Crippen LogP contribution is -2.58. The number of hydrogen-bond donors (Lipinski definition) is 2. The second-order valence-corrected chi connectivity index (χ2v) is 5.22. The van der Waals surface area contributed by atoms with Crippen LogP contribution in [0, 0.1) is 6.92 Å². The molecule has 2 aliphatic heterocycles. The Labute approximate surface area is 101 Å². The number of fused-ring (bicyclic) bond motifs is 2. The van der Waals surface area contributed by atoms with E-state index < -0.39 is 5.60 Å². The number of aromatic nitrogens is 1. The van der Waals surface area contributed by atoms with E-state index in [0.29, 0.717) is 26.1 Å². The Bertz CT molecular complexity index is 410. The van der Waals surface area contributed by atoms with Gasteiger partial charge in [-0.15, -0.1) is 0 Å². The molecule has 0 amide bonds. The van der Waals surface area contributed by atoms with E-state index in [0.717, 1.165) is 11.3 Å². The van der Waals surface area contributed by atoms with Gasteiger partial charge in [0.05, 0.1) is 18.8 Å². The summed E-state index contributed by atoms with van der Waals surface area (Å²) in [6, 6.07) is 4.44. The Morgan fingerprint density at radius 3 is 2.76 bits per heavy atom. The lowest BCUT2D eigenvalue weighted by atomic mass is 9.78. The van der Waals surface area contributed by atoms with Crippen LogP contribution in [0.4, 0.5) is 0 Å². The number of aryl methyl sites for hydroxylation is 1. The average molecular weight is 234 g/mol. The summed E-state index contributed by atoms with van der Waals surface area (Å²) in [5.74, 6) is 0. The fourth-order valence-electron chi connectivity index (χ4n) is 2.99. The lowest BCUT2D eigenvalue weighted by Gasteiger charge is -2.45. The van der Waals surface area contributed by atoms with Gasteiger partial charge in [-0.05, 0) is 37.5 Å². The van der Waals surface area contributed by atoms with Crippen molar-refractivity contribution in [1.82, 2.24) is 10.3 Å². The number of hydrogen-bond acceptors (Lipinski definition) is 4. The lowest BCUT2D eigenvalue weighted by molar-refractivity contribution is -0.0802. The molecule has 2 atom stereocenters. The first-order chi connectivity index (χ1) is 8.16. The molecule has 2 aliphatic rings. The van der Waals surface area contributed by atoms with Gasteiger partial charge >= 0.3 is 0 Å². The highest BCUT2D eigenvalue weighted by Gasteiger charge is 2.42. The van der Waals surface area contributed by atoms with E-state index in [4.69, 9.17) is 4.74 Å². The summed E-state index contributed by atoms with van der Waals surface area (Å²) in [4.78, 5) is 4.19. The number of morpholine rings is 1. The fraction of sp³-hybridized carbons (Fsp3) is 0.615. The van der Waals surface area contributed by atoms with Crippen LogP contribution in [0.25, 0.3) is 0 Å². The summed E-state index contributed by atoms with van der Waals surface area (Å²) >= 11 is 0. The zero-order valence-corrected chi connectivity index (χ0v) is 10.0. The van der Waals surface area contributed by atoms with Crippen molar-refractivity contribution < 1.29 is 9.84 Å². The smallest absolute Gasteiger partial charge is 0.0929 e. The summed E-state index contributed by atoms with van der Waals surface area (Å²) in [6.07, 6.45) is 3.21. The molecule has 2 fully saturated rings. The van der Waals surface area contributed by atoms with E-state index >= 15 is 0 Å². The third-order valence-electron chi connectivity index (χ3n) is 3.71. The number of piperidine rings is 1. The van der Waals surface area contributed by atoms with Gasteiger partial charge in [-0.25, -0.2) is 0 Å². The van der Waals surface area contributed by atoms with Crippen LogP contribution in [0.1, 0.15) is 24.1 Å². The first-order valence-electron chi connectivity index (χ1n) is 6.15. The molecule has 2 saturated heterocycles. The second-order valence-electron chi connectivity index (χ2n) is 5.22. The van der Waals surface area contributed by atoms with Crippen LogP contribution in [0.15, 0.2) is 18.3 Å². The molecule has 1 aromatic heterocycles. The zero-order valence-electron chi connectivity index (χ0n) is 10.0. The van der Waals surface area contributed by atoms with Gasteiger partial charge in [-0.1, -0.05) is 0 Å². The maximum atomic E-state index is 10.8. The van der Waals surface area contributed by atoms with Gasteiger partial charge in [0.2, 0.25) is 0 Å². The highest BCUT2D eigenvalue weighted by Crippen LogP contribution is 2.36. The molecule has 2 bridgehead atoms. The van der Waals surface area contributed by atoms with Gasteiger partial charge in [0.1, 0.15) is 0 Å². The Morgan fingerprint density at radius 1 is 1.41 bits per heavy atom. The van der Waals surface area contributed by atoms with Crippen LogP contribution in [0.5, 0.6) is 0 Å². The number of rotatable bonds is 1. The molecule has 0 saturated carbocycles. The summed E-state index contributed by atoms with van der Waals surface area (Å²) in [6.45, 7) is 3.35. The SMILES string of the molecule is Cc1cc(C2(O)CC3COCC(C2)N3)ccn1. The molecule has 4 heteroatoms. The predicted molar refractivity (Wildman–Crippen MR) is 63.6 cm³/mol. The molecule has 4 nitrogen and oxygen atoms in total. The van der Waals surface area contributed by atoms with Gasteiger partial charge < -0.3 is 15.2 Å². The van der Waals surface area contributed by atoms with Gasteiger partial charge in [0.25, 0.3) is 0 Å². The molecule has 0 aromatic carbocycles. The van der Waals surface area contributed by atoms with E-state index in [-0.39, 0.29) is 12.1 Å². The zero-order chi connectivity index (χ0) is 11.9. The second kappa shape index (κ2) is 4.05. The fourth-order valence-corrected chi connectivity index (χ4v) is 2.99. The predicted octanol–water partition coefficient (Wildman–Crippen LogP) is 0.728. The minimum absolute atomic E-state index is 0.265. The van der Waals surface area contributed by atoms with Crippen LogP contribution in [-0.4, -0.2) is 35.4 Å². The molecule has 2 N–H and O–H groups in total. The Balaban J connectivity index is 1.90. The Kier molecular flexibility index (Phi) is 2.65. The number of nitrogens with one attached hydrogen (secondary N) is 1. The summed E-state index contributed by atoms with van der Waals surface area (Å²) in [5, 5.41) is 14.3. The van der Waals surface area contributed by atoms with Crippen LogP contribution >= 0.6 is 0 Å². The van der Waals surface area contributed by atoms with Crippen molar-refractivity contribution in [2.75, 3.05) is 13.2 Å². The first kappa shape index (κ1) is 11.1. The van der Waals surface area contributed by atoms with Gasteiger partial charge in [0.15, 0.2) is 0 Å². The summed E-state index contributed by atoms with van der Waals surface area (Å²) in [5.41, 5.74) is 1.22. The van der Waals surface area contributed by atoms with Gasteiger partial charge in [0, 0.05) is 24.0 Å². The van der Waals surface area contributed by atoms with Crippen molar-refractivity contribution >= 4 is 0 Å². The molecule has 92 valence electrons. The van der Waals surface area contributed by atoms with Crippen LogP contribution in [0.2, 0.25) is 0 Å². The van der Waals surface area contributed by atoms with Gasteiger partial charge in [-0.3, -0.25) is 4.98 Å². The van der Waals surface area contributed by atoms with E-state index in [9.17, 15) is 5.11 Å². The molecule has 3 rings (SSSR count). The minimum atomic E-state index is -0.724. The third kappa shape index (κ3) is 2.08. The maximum absolute atomic E-state index is 10.8. The van der Waals surface area contributed by atoms with E-state index in [1.54, 1.807) is 6.20 Å². The molecule has 0 aliphatic carbocycles. The average Bonchev–Trinajstić information content (AvgIpc) is 2.28.